The Kier molecular flexibility index (Phi) is 24.3. The number of phenolic OH excluding ortho intramolecular Hbond substituents is 2. The molecule has 2 aromatic carbocycles. The van der Waals surface area contributed by atoms with Crippen LogP contribution in [0, 0.1) is 0 Å². The number of phenols is 2. The van der Waals surface area contributed by atoms with E-state index in [4.69, 9.17) is 0 Å². The quantitative estimate of drug-likeness (QED) is 0.0726. The topological polar surface area (TPSA) is 40.5 Å². The molecule has 0 bridgehead atoms. The van der Waals surface area contributed by atoms with Crippen LogP contribution in [0.3, 0.4) is 0 Å². The van der Waals surface area contributed by atoms with Crippen LogP contribution >= 0.6 is 43.2 Å². The highest BCUT2D eigenvalue weighted by atomic mass is 33.1. The van der Waals surface area contributed by atoms with Gasteiger partial charge in [0.25, 0.3) is 0 Å². The van der Waals surface area contributed by atoms with Gasteiger partial charge in [-0.2, -0.15) is 0 Å². The molecule has 0 radical (unpaired) electrons. The smallest absolute Gasteiger partial charge is 0.119 e. The predicted octanol–water partition coefficient (Wildman–Crippen LogP) is 17.4. The predicted molar refractivity (Wildman–Crippen MR) is 259 cm³/mol. The first-order chi connectivity index (χ1) is 26.8. The maximum absolute atomic E-state index is 10.6. The third kappa shape index (κ3) is 19.2. The molecule has 0 aliphatic carbocycles. The zero-order valence-electron chi connectivity index (χ0n) is 37.3. The minimum atomic E-state index is -0.0209. The number of hydrogen-bond donors (Lipinski definition) is 2. The second-order valence-electron chi connectivity index (χ2n) is 19.1. The Labute approximate surface area is 362 Å². The van der Waals surface area contributed by atoms with Crippen molar-refractivity contribution in [2.45, 2.75) is 241 Å². The standard InChI is InChI=1S/C50H84O2S4/c1-9-11-13-23-29-45-47(31-25-19-15-17-21-27-39-33-35-41(43(51)37-39)49(3,4)5)55-56-48(46(54-53-45)30-24-14-12-10-2)32-26-20-16-18-22-28-40-34-36-42(44(52)38-40)50(6,7)8/h33-38,45-48,51-52H,9-32H2,1-8H3. The van der Waals surface area contributed by atoms with Crippen LogP contribution in [0.4, 0.5) is 0 Å². The lowest BCUT2D eigenvalue weighted by Crippen LogP contribution is -2.26. The molecule has 4 atom stereocenters. The van der Waals surface area contributed by atoms with E-state index in [1.165, 1.54) is 152 Å². The fraction of sp³-hybridized carbons (Fsp3) is 0.760. The van der Waals surface area contributed by atoms with E-state index in [2.05, 4.69) is 123 Å². The lowest BCUT2D eigenvalue weighted by atomic mass is 9.85. The molecular formula is C50H84O2S4. The fourth-order valence-corrected chi connectivity index (χ4v) is 16.8. The molecule has 3 rings (SSSR count). The maximum Gasteiger partial charge on any atom is 0.119 e. The van der Waals surface area contributed by atoms with Gasteiger partial charge in [0.2, 0.25) is 0 Å². The lowest BCUT2D eigenvalue weighted by molar-refractivity contribution is 0.445. The van der Waals surface area contributed by atoms with E-state index in [1.54, 1.807) is 0 Å². The highest BCUT2D eigenvalue weighted by Gasteiger charge is 2.32. The minimum absolute atomic E-state index is 0.0209. The Morgan fingerprint density at radius 3 is 0.982 bits per heavy atom. The van der Waals surface area contributed by atoms with Gasteiger partial charge in [-0.15, -0.1) is 0 Å². The summed E-state index contributed by atoms with van der Waals surface area (Å²) < 4.78 is 0. The van der Waals surface area contributed by atoms with Crippen molar-refractivity contribution >= 4 is 43.2 Å². The molecule has 0 amide bonds. The Bertz CT molecular complexity index is 1230. The van der Waals surface area contributed by atoms with Crippen LogP contribution in [0.25, 0.3) is 0 Å². The number of benzene rings is 2. The molecule has 320 valence electrons. The van der Waals surface area contributed by atoms with Gasteiger partial charge in [0, 0.05) is 21.0 Å². The van der Waals surface area contributed by atoms with E-state index in [1.807, 2.05) is 12.1 Å². The molecule has 2 aromatic rings. The van der Waals surface area contributed by atoms with Gasteiger partial charge in [0.15, 0.2) is 0 Å². The summed E-state index contributed by atoms with van der Waals surface area (Å²) in [7, 11) is 9.23. The lowest BCUT2D eigenvalue weighted by Gasteiger charge is -2.35. The molecule has 4 unspecified atom stereocenters. The highest BCUT2D eigenvalue weighted by molar-refractivity contribution is 8.80. The summed E-state index contributed by atoms with van der Waals surface area (Å²) in [5.41, 5.74) is 4.60. The number of aryl methyl sites for hydroxylation is 2. The van der Waals surface area contributed by atoms with Crippen molar-refractivity contribution in [3.63, 3.8) is 0 Å². The molecule has 1 saturated heterocycles. The molecule has 1 aliphatic rings. The zero-order valence-corrected chi connectivity index (χ0v) is 40.5. The van der Waals surface area contributed by atoms with Crippen LogP contribution in [-0.2, 0) is 23.7 Å². The third-order valence-corrected chi connectivity index (χ3v) is 19.2. The van der Waals surface area contributed by atoms with Crippen molar-refractivity contribution in [1.29, 1.82) is 0 Å². The van der Waals surface area contributed by atoms with Crippen LogP contribution in [0.15, 0.2) is 36.4 Å². The average Bonchev–Trinajstić information content (AvgIpc) is 3.13. The molecule has 6 heteroatoms. The first-order valence-corrected chi connectivity index (χ1v) is 27.7. The largest absolute Gasteiger partial charge is 0.508 e. The first-order valence-electron chi connectivity index (χ1n) is 23.1. The minimum Gasteiger partial charge on any atom is -0.508 e. The van der Waals surface area contributed by atoms with E-state index >= 15 is 0 Å². The van der Waals surface area contributed by atoms with Gasteiger partial charge in [0.1, 0.15) is 11.5 Å². The molecule has 0 aromatic heterocycles. The van der Waals surface area contributed by atoms with Crippen LogP contribution in [0.2, 0.25) is 0 Å². The normalized spacial score (nSPS) is 19.6. The molecule has 56 heavy (non-hydrogen) atoms. The van der Waals surface area contributed by atoms with Crippen molar-refractivity contribution in [1.82, 2.24) is 0 Å². The van der Waals surface area contributed by atoms with E-state index in [-0.39, 0.29) is 10.8 Å². The van der Waals surface area contributed by atoms with E-state index in [0.29, 0.717) is 11.5 Å². The van der Waals surface area contributed by atoms with E-state index in [9.17, 15) is 10.2 Å². The first kappa shape index (κ1) is 49.8. The second-order valence-corrected chi connectivity index (χ2v) is 24.6. The monoisotopic (exact) mass is 845 g/mol. The molecule has 0 spiro atoms. The molecular weight excluding hydrogens is 761 g/mol. The summed E-state index contributed by atoms with van der Waals surface area (Å²) >= 11 is 0. The van der Waals surface area contributed by atoms with Gasteiger partial charge in [-0.1, -0.05) is 226 Å². The third-order valence-electron chi connectivity index (χ3n) is 11.8. The van der Waals surface area contributed by atoms with Gasteiger partial charge in [-0.25, -0.2) is 0 Å². The maximum atomic E-state index is 10.6. The van der Waals surface area contributed by atoms with Gasteiger partial charge >= 0.3 is 0 Å². The molecule has 2 nitrogen and oxygen atoms in total. The van der Waals surface area contributed by atoms with Gasteiger partial charge in [-0.05, 0) is 96.6 Å². The number of aromatic hydroxyl groups is 2. The van der Waals surface area contributed by atoms with Crippen molar-refractivity contribution in [3.8, 4) is 11.5 Å². The summed E-state index contributed by atoms with van der Waals surface area (Å²) in [5, 5.41) is 24.3. The van der Waals surface area contributed by atoms with Crippen LogP contribution in [0.5, 0.6) is 11.5 Å². The van der Waals surface area contributed by atoms with E-state index < -0.39 is 0 Å². The van der Waals surface area contributed by atoms with Gasteiger partial charge in [-0.3, -0.25) is 0 Å². The Balaban J connectivity index is 1.47. The molecule has 1 aliphatic heterocycles. The van der Waals surface area contributed by atoms with E-state index in [0.717, 1.165) is 45.0 Å². The average molecular weight is 845 g/mol. The van der Waals surface area contributed by atoms with Crippen LogP contribution in [-0.4, -0.2) is 31.2 Å². The zero-order chi connectivity index (χ0) is 40.8. The van der Waals surface area contributed by atoms with Crippen LogP contribution < -0.4 is 0 Å². The van der Waals surface area contributed by atoms with Crippen molar-refractivity contribution in [3.05, 3.63) is 58.7 Å². The number of unbranched alkanes of at least 4 members (excludes halogenated alkanes) is 14. The van der Waals surface area contributed by atoms with Crippen molar-refractivity contribution in [2.24, 2.45) is 0 Å². The summed E-state index contributed by atoms with van der Waals surface area (Å²) in [5.74, 6) is 0.921. The summed E-state index contributed by atoms with van der Waals surface area (Å²) in [4.78, 5) is 0. The summed E-state index contributed by atoms with van der Waals surface area (Å²) in [6.07, 6.45) is 31.7. The number of rotatable bonds is 26. The number of hydrogen-bond acceptors (Lipinski definition) is 6. The molecule has 1 fully saturated rings. The molecule has 1 heterocycles. The summed E-state index contributed by atoms with van der Waals surface area (Å²) in [6, 6.07) is 12.7. The Morgan fingerprint density at radius 2 is 0.696 bits per heavy atom. The summed E-state index contributed by atoms with van der Waals surface area (Å²) in [6.45, 7) is 17.7. The Morgan fingerprint density at radius 1 is 0.411 bits per heavy atom. The van der Waals surface area contributed by atoms with Gasteiger partial charge in [0.05, 0.1) is 0 Å². The molecule has 2 N–H and O–H groups in total. The molecule has 0 saturated carbocycles. The Hall–Kier alpha value is -0.560. The fourth-order valence-electron chi connectivity index (χ4n) is 8.16. The second kappa shape index (κ2) is 27.3. The SMILES string of the molecule is CCCCCCC1SSC(CCCCCC)C(CCCCCCCc2ccc(C(C)(C)C)c(O)c2)SSC1CCCCCCCc1ccc(C(C)(C)C)c(O)c1. The van der Waals surface area contributed by atoms with Crippen molar-refractivity contribution < 1.29 is 10.2 Å². The van der Waals surface area contributed by atoms with Gasteiger partial charge < -0.3 is 10.2 Å². The highest BCUT2D eigenvalue weighted by Crippen LogP contribution is 2.52. The van der Waals surface area contributed by atoms with Crippen molar-refractivity contribution in [2.75, 3.05) is 0 Å². The van der Waals surface area contributed by atoms with Crippen LogP contribution in [0.1, 0.15) is 219 Å².